The van der Waals surface area contributed by atoms with Crippen molar-refractivity contribution in [2.75, 3.05) is 5.32 Å². The van der Waals surface area contributed by atoms with Gasteiger partial charge in [0.05, 0.1) is 16.8 Å². The first-order chi connectivity index (χ1) is 9.63. The third-order valence-corrected chi connectivity index (χ3v) is 3.31. The zero-order valence-electron chi connectivity index (χ0n) is 10.9. The SMILES string of the molecule is Cc1cccc(Cl)c1NC(=O)C(C#N)c1ccccc1. The van der Waals surface area contributed by atoms with E-state index in [4.69, 9.17) is 11.6 Å². The van der Waals surface area contributed by atoms with E-state index in [1.54, 1.807) is 30.3 Å². The molecule has 1 N–H and O–H groups in total. The van der Waals surface area contributed by atoms with Crippen molar-refractivity contribution >= 4 is 23.2 Å². The molecular formula is C16H13ClN2O. The van der Waals surface area contributed by atoms with Gasteiger partial charge in [0.15, 0.2) is 5.92 Å². The minimum absolute atomic E-state index is 0.380. The third kappa shape index (κ3) is 2.98. The van der Waals surface area contributed by atoms with Crippen molar-refractivity contribution < 1.29 is 4.79 Å². The normalized spacial score (nSPS) is 11.4. The molecule has 4 heteroatoms. The fourth-order valence-electron chi connectivity index (χ4n) is 1.92. The van der Waals surface area contributed by atoms with Crippen LogP contribution < -0.4 is 5.32 Å². The number of amides is 1. The van der Waals surface area contributed by atoms with E-state index in [0.717, 1.165) is 5.56 Å². The summed E-state index contributed by atoms with van der Waals surface area (Å²) in [7, 11) is 0. The average molecular weight is 285 g/mol. The molecule has 0 saturated heterocycles. The number of nitriles is 1. The fraction of sp³-hybridized carbons (Fsp3) is 0.125. The van der Waals surface area contributed by atoms with Crippen LogP contribution in [0.3, 0.4) is 0 Å². The van der Waals surface area contributed by atoms with Gasteiger partial charge < -0.3 is 5.32 Å². The number of para-hydroxylation sites is 1. The van der Waals surface area contributed by atoms with Crippen LogP contribution in [0.25, 0.3) is 0 Å². The maximum atomic E-state index is 12.3. The van der Waals surface area contributed by atoms with Gasteiger partial charge in [0.25, 0.3) is 0 Å². The Kier molecular flexibility index (Phi) is 4.39. The van der Waals surface area contributed by atoms with Crippen LogP contribution in [0, 0.1) is 18.3 Å². The van der Waals surface area contributed by atoms with Crippen LogP contribution in [-0.4, -0.2) is 5.91 Å². The zero-order valence-corrected chi connectivity index (χ0v) is 11.7. The number of hydrogen-bond donors (Lipinski definition) is 1. The molecule has 0 heterocycles. The Labute approximate surface area is 122 Å². The Hall–Kier alpha value is -2.31. The number of hydrogen-bond acceptors (Lipinski definition) is 2. The van der Waals surface area contributed by atoms with Gasteiger partial charge in [0.1, 0.15) is 0 Å². The average Bonchev–Trinajstić information content (AvgIpc) is 2.45. The highest BCUT2D eigenvalue weighted by molar-refractivity contribution is 6.34. The number of anilines is 1. The number of halogens is 1. The Morgan fingerprint density at radius 3 is 2.50 bits per heavy atom. The molecule has 0 saturated carbocycles. The monoisotopic (exact) mass is 284 g/mol. The summed E-state index contributed by atoms with van der Waals surface area (Å²) in [6.45, 7) is 1.85. The first kappa shape index (κ1) is 14.1. The molecule has 0 aliphatic rings. The van der Waals surface area contributed by atoms with Gasteiger partial charge in [0, 0.05) is 0 Å². The minimum atomic E-state index is -0.855. The molecule has 0 aliphatic heterocycles. The smallest absolute Gasteiger partial charge is 0.246 e. The predicted molar refractivity (Wildman–Crippen MR) is 79.6 cm³/mol. The van der Waals surface area contributed by atoms with Crippen molar-refractivity contribution in [3.05, 3.63) is 64.7 Å². The first-order valence-electron chi connectivity index (χ1n) is 6.14. The predicted octanol–water partition coefficient (Wildman–Crippen LogP) is 3.89. The van der Waals surface area contributed by atoms with Crippen molar-refractivity contribution in [1.29, 1.82) is 5.26 Å². The number of nitrogens with one attached hydrogen (secondary N) is 1. The number of carbonyl (C=O) groups is 1. The van der Waals surface area contributed by atoms with E-state index in [2.05, 4.69) is 5.32 Å². The molecule has 3 nitrogen and oxygen atoms in total. The third-order valence-electron chi connectivity index (χ3n) is 2.99. The van der Waals surface area contributed by atoms with E-state index in [1.165, 1.54) is 0 Å². The molecule has 0 aliphatic carbocycles. The highest BCUT2D eigenvalue weighted by Gasteiger charge is 2.21. The van der Waals surface area contributed by atoms with Gasteiger partial charge in [0.2, 0.25) is 5.91 Å². The van der Waals surface area contributed by atoms with Gasteiger partial charge in [-0.1, -0.05) is 54.1 Å². The lowest BCUT2D eigenvalue weighted by molar-refractivity contribution is -0.116. The fourth-order valence-corrected chi connectivity index (χ4v) is 2.18. The Bertz CT molecular complexity index is 642. The van der Waals surface area contributed by atoms with Crippen molar-refractivity contribution in [2.45, 2.75) is 12.8 Å². The molecule has 2 rings (SSSR count). The first-order valence-corrected chi connectivity index (χ1v) is 6.52. The molecule has 0 bridgehead atoms. The van der Waals surface area contributed by atoms with Crippen LogP contribution in [0.5, 0.6) is 0 Å². The van der Waals surface area contributed by atoms with E-state index in [1.807, 2.05) is 31.2 Å². The van der Waals surface area contributed by atoms with Crippen molar-refractivity contribution in [3.63, 3.8) is 0 Å². The van der Waals surface area contributed by atoms with Crippen LogP contribution >= 0.6 is 11.6 Å². The van der Waals surface area contributed by atoms with E-state index in [9.17, 15) is 10.1 Å². The van der Waals surface area contributed by atoms with Crippen LogP contribution in [-0.2, 0) is 4.79 Å². The van der Waals surface area contributed by atoms with Crippen LogP contribution in [0.15, 0.2) is 48.5 Å². The second kappa shape index (κ2) is 6.23. The summed E-state index contributed by atoms with van der Waals surface area (Å²) >= 11 is 6.07. The van der Waals surface area contributed by atoms with Crippen molar-refractivity contribution in [3.8, 4) is 6.07 Å². The van der Waals surface area contributed by atoms with E-state index in [-0.39, 0.29) is 5.91 Å². The standard InChI is InChI=1S/C16H13ClN2O/c1-11-6-5-9-14(17)15(11)19-16(20)13(10-18)12-7-3-2-4-8-12/h2-9,13H,1H3,(H,19,20). The highest BCUT2D eigenvalue weighted by atomic mass is 35.5. The molecule has 2 aromatic carbocycles. The Morgan fingerprint density at radius 1 is 1.20 bits per heavy atom. The summed E-state index contributed by atoms with van der Waals surface area (Å²) < 4.78 is 0. The molecule has 20 heavy (non-hydrogen) atoms. The van der Waals surface area contributed by atoms with Gasteiger partial charge in [-0.15, -0.1) is 0 Å². The van der Waals surface area contributed by atoms with Gasteiger partial charge in [-0.25, -0.2) is 0 Å². The minimum Gasteiger partial charge on any atom is -0.323 e. The molecule has 1 atom stereocenters. The molecular weight excluding hydrogens is 272 g/mol. The molecule has 0 aromatic heterocycles. The van der Waals surface area contributed by atoms with Gasteiger partial charge in [-0.3, -0.25) is 4.79 Å². The molecule has 0 fully saturated rings. The number of carbonyl (C=O) groups excluding carboxylic acids is 1. The quantitative estimate of drug-likeness (QED) is 0.929. The summed E-state index contributed by atoms with van der Waals surface area (Å²) in [6, 6.07) is 16.3. The van der Waals surface area contributed by atoms with E-state index < -0.39 is 5.92 Å². The molecule has 1 unspecified atom stereocenters. The second-order valence-corrected chi connectivity index (χ2v) is 4.80. The number of rotatable bonds is 3. The zero-order chi connectivity index (χ0) is 14.5. The summed E-state index contributed by atoms with van der Waals surface area (Å²) in [5.41, 5.74) is 2.07. The summed E-state index contributed by atoms with van der Waals surface area (Å²) in [4.78, 5) is 12.3. The molecule has 2 aromatic rings. The summed E-state index contributed by atoms with van der Waals surface area (Å²) in [5, 5.41) is 12.4. The Morgan fingerprint density at radius 2 is 1.90 bits per heavy atom. The summed E-state index contributed by atoms with van der Waals surface area (Å²) in [6.07, 6.45) is 0. The van der Waals surface area contributed by atoms with Gasteiger partial charge in [-0.05, 0) is 24.1 Å². The number of benzene rings is 2. The second-order valence-electron chi connectivity index (χ2n) is 4.39. The van der Waals surface area contributed by atoms with Crippen LogP contribution in [0.2, 0.25) is 5.02 Å². The molecule has 1 amide bonds. The topological polar surface area (TPSA) is 52.9 Å². The maximum Gasteiger partial charge on any atom is 0.246 e. The lowest BCUT2D eigenvalue weighted by Gasteiger charge is -2.13. The van der Waals surface area contributed by atoms with Crippen LogP contribution in [0.1, 0.15) is 17.0 Å². The largest absolute Gasteiger partial charge is 0.323 e. The molecule has 0 radical (unpaired) electrons. The van der Waals surface area contributed by atoms with Gasteiger partial charge in [-0.2, -0.15) is 5.26 Å². The number of aryl methyl sites for hydroxylation is 1. The summed E-state index contributed by atoms with van der Waals surface area (Å²) in [5.74, 6) is -1.23. The lowest BCUT2D eigenvalue weighted by atomic mass is 9.99. The number of nitrogens with zero attached hydrogens (tertiary/aromatic N) is 1. The van der Waals surface area contributed by atoms with Crippen molar-refractivity contribution in [1.82, 2.24) is 0 Å². The lowest BCUT2D eigenvalue weighted by Crippen LogP contribution is -2.20. The highest BCUT2D eigenvalue weighted by Crippen LogP contribution is 2.27. The van der Waals surface area contributed by atoms with Gasteiger partial charge >= 0.3 is 0 Å². The molecule has 100 valence electrons. The van der Waals surface area contributed by atoms with E-state index in [0.29, 0.717) is 16.3 Å². The molecule has 0 spiro atoms. The van der Waals surface area contributed by atoms with E-state index >= 15 is 0 Å². The maximum absolute atomic E-state index is 12.3. The van der Waals surface area contributed by atoms with Crippen molar-refractivity contribution in [2.24, 2.45) is 0 Å². The Balaban J connectivity index is 2.26. The van der Waals surface area contributed by atoms with Crippen LogP contribution in [0.4, 0.5) is 5.69 Å².